The van der Waals surface area contributed by atoms with Crippen molar-refractivity contribution >= 4 is 34.1 Å². The Labute approximate surface area is 168 Å². The maximum Gasteiger partial charge on any atom is 0.307 e. The second kappa shape index (κ2) is 7.35. The van der Waals surface area contributed by atoms with E-state index >= 15 is 0 Å². The van der Waals surface area contributed by atoms with Crippen LogP contribution in [0.1, 0.15) is 66.8 Å². The summed E-state index contributed by atoms with van der Waals surface area (Å²) in [5.74, 6) is -2.67. The van der Waals surface area contributed by atoms with Crippen LogP contribution < -0.4 is 10.6 Å². The number of rotatable bonds is 5. The highest BCUT2D eigenvalue weighted by molar-refractivity contribution is 7.17. The van der Waals surface area contributed by atoms with Crippen molar-refractivity contribution in [1.82, 2.24) is 5.32 Å². The fourth-order valence-corrected chi connectivity index (χ4v) is 5.54. The molecule has 3 N–H and O–H groups in total. The molecular weight excluding hydrogens is 376 g/mol. The van der Waals surface area contributed by atoms with Gasteiger partial charge in [0.1, 0.15) is 5.00 Å². The monoisotopic (exact) mass is 402 g/mol. The van der Waals surface area contributed by atoms with Crippen molar-refractivity contribution in [3.8, 4) is 0 Å². The summed E-state index contributed by atoms with van der Waals surface area (Å²) in [5, 5.41) is 16.2. The summed E-state index contributed by atoms with van der Waals surface area (Å²) in [4.78, 5) is 38.7. The van der Waals surface area contributed by atoms with Crippen molar-refractivity contribution in [2.24, 2.45) is 11.8 Å². The highest BCUT2D eigenvalue weighted by Crippen LogP contribution is 2.41. The van der Waals surface area contributed by atoms with E-state index in [1.807, 2.05) is 13.8 Å². The first-order valence-corrected chi connectivity index (χ1v) is 10.8. The van der Waals surface area contributed by atoms with Crippen molar-refractivity contribution in [2.75, 3.05) is 5.32 Å². The van der Waals surface area contributed by atoms with Crippen LogP contribution >= 0.6 is 11.3 Å². The molecule has 6 nitrogen and oxygen atoms in total. The fourth-order valence-electron chi connectivity index (χ4n) is 4.25. The molecule has 0 spiro atoms. The van der Waals surface area contributed by atoms with Gasteiger partial charge in [-0.1, -0.05) is 11.1 Å². The smallest absolute Gasteiger partial charge is 0.307 e. The number of fused-ring (bicyclic) bond motifs is 1. The maximum absolute atomic E-state index is 13.0. The molecule has 1 heterocycles. The van der Waals surface area contributed by atoms with Gasteiger partial charge in [0.25, 0.3) is 5.91 Å². The number of thiophene rings is 1. The zero-order valence-electron chi connectivity index (χ0n) is 16.3. The second-order valence-electron chi connectivity index (χ2n) is 8.32. The Balaban J connectivity index is 1.59. The molecule has 1 fully saturated rings. The highest BCUT2D eigenvalue weighted by Gasteiger charge is 2.38. The molecule has 4 rings (SSSR count). The minimum atomic E-state index is -0.938. The van der Waals surface area contributed by atoms with Gasteiger partial charge >= 0.3 is 5.97 Å². The summed E-state index contributed by atoms with van der Waals surface area (Å²) in [7, 11) is 0. The molecule has 0 radical (unpaired) electrons. The molecule has 1 aromatic rings. The number of carboxylic acids is 1. The van der Waals surface area contributed by atoms with Crippen LogP contribution in [0.3, 0.4) is 0 Å². The first kappa shape index (κ1) is 19.2. The lowest BCUT2D eigenvalue weighted by Crippen LogP contribution is -2.37. The van der Waals surface area contributed by atoms with Crippen LogP contribution in [-0.4, -0.2) is 28.9 Å². The number of amides is 2. The third-order valence-electron chi connectivity index (χ3n) is 6.22. The van der Waals surface area contributed by atoms with Crippen LogP contribution in [0.15, 0.2) is 11.1 Å². The zero-order valence-corrected chi connectivity index (χ0v) is 17.1. The number of hydrogen-bond acceptors (Lipinski definition) is 4. The van der Waals surface area contributed by atoms with Gasteiger partial charge in [-0.25, -0.2) is 0 Å². The van der Waals surface area contributed by atoms with Crippen molar-refractivity contribution in [2.45, 2.75) is 64.8 Å². The molecule has 7 heteroatoms. The largest absolute Gasteiger partial charge is 0.481 e. The van der Waals surface area contributed by atoms with Gasteiger partial charge in [-0.15, -0.1) is 11.3 Å². The van der Waals surface area contributed by atoms with Crippen LogP contribution in [0.5, 0.6) is 0 Å². The minimum Gasteiger partial charge on any atom is -0.481 e. The molecule has 3 aliphatic rings. The number of carbonyl (C=O) groups is 3. The number of carboxylic acid groups (broad SMARTS) is 1. The predicted molar refractivity (Wildman–Crippen MR) is 108 cm³/mol. The second-order valence-corrected chi connectivity index (χ2v) is 9.42. The fraction of sp³-hybridized carbons (Fsp3) is 0.571. The van der Waals surface area contributed by atoms with Crippen LogP contribution in [0, 0.1) is 11.8 Å². The third-order valence-corrected chi connectivity index (χ3v) is 7.43. The van der Waals surface area contributed by atoms with E-state index in [0.29, 0.717) is 23.4 Å². The molecule has 0 bridgehead atoms. The average Bonchev–Trinajstić information content (AvgIpc) is 3.21. The van der Waals surface area contributed by atoms with Crippen molar-refractivity contribution in [1.29, 1.82) is 0 Å². The Bertz CT molecular complexity index is 881. The SMILES string of the molecule is CC1=C(C)C[C@@H](C(=O)Nc2sc3c(c2C(=O)NC2CC2)CCC3)[C@H](C(=O)O)C1. The van der Waals surface area contributed by atoms with Crippen LogP contribution in [0.4, 0.5) is 5.00 Å². The van der Waals surface area contributed by atoms with Gasteiger partial charge in [-0.3, -0.25) is 14.4 Å². The Morgan fingerprint density at radius 2 is 1.71 bits per heavy atom. The molecule has 28 heavy (non-hydrogen) atoms. The van der Waals surface area contributed by atoms with Gasteiger partial charge in [0, 0.05) is 10.9 Å². The summed E-state index contributed by atoms with van der Waals surface area (Å²) in [5.41, 5.74) is 3.79. The molecule has 0 aromatic carbocycles. The molecule has 0 unspecified atom stereocenters. The molecule has 3 aliphatic carbocycles. The maximum atomic E-state index is 13.0. The van der Waals surface area contributed by atoms with E-state index in [4.69, 9.17) is 0 Å². The topological polar surface area (TPSA) is 95.5 Å². The lowest BCUT2D eigenvalue weighted by molar-refractivity contribution is -0.146. The average molecular weight is 403 g/mol. The zero-order chi connectivity index (χ0) is 20.0. The first-order valence-electron chi connectivity index (χ1n) is 9.99. The normalized spacial score (nSPS) is 24.1. The molecule has 1 aromatic heterocycles. The van der Waals surface area contributed by atoms with Gasteiger partial charge < -0.3 is 15.7 Å². The van der Waals surface area contributed by atoms with E-state index in [2.05, 4.69) is 10.6 Å². The quantitative estimate of drug-likeness (QED) is 0.657. The van der Waals surface area contributed by atoms with E-state index in [9.17, 15) is 19.5 Å². The summed E-state index contributed by atoms with van der Waals surface area (Å²) in [6.07, 6.45) is 5.68. The molecule has 0 aliphatic heterocycles. The van der Waals surface area contributed by atoms with Gasteiger partial charge in [-0.05, 0) is 64.4 Å². The van der Waals surface area contributed by atoms with Crippen molar-refractivity contribution in [3.05, 3.63) is 27.2 Å². The molecule has 1 saturated carbocycles. The van der Waals surface area contributed by atoms with Gasteiger partial charge in [0.05, 0.1) is 17.4 Å². The van der Waals surface area contributed by atoms with Gasteiger partial charge in [-0.2, -0.15) is 0 Å². The van der Waals surface area contributed by atoms with E-state index in [1.54, 1.807) is 0 Å². The minimum absolute atomic E-state index is 0.109. The Hall–Kier alpha value is -2.15. The molecular formula is C21H26N2O4S. The van der Waals surface area contributed by atoms with Gasteiger partial charge in [0.2, 0.25) is 5.91 Å². The summed E-state index contributed by atoms with van der Waals surface area (Å²) in [6.45, 7) is 3.89. The molecule has 0 saturated heterocycles. The summed E-state index contributed by atoms with van der Waals surface area (Å²) in [6, 6.07) is 0.249. The summed E-state index contributed by atoms with van der Waals surface area (Å²) >= 11 is 1.48. The van der Waals surface area contributed by atoms with Crippen molar-refractivity contribution in [3.63, 3.8) is 0 Å². The first-order chi connectivity index (χ1) is 13.3. The van der Waals surface area contributed by atoms with Gasteiger partial charge in [0.15, 0.2) is 0 Å². The number of hydrogen-bond donors (Lipinski definition) is 3. The number of anilines is 1. The number of carbonyl (C=O) groups excluding carboxylic acids is 2. The Morgan fingerprint density at radius 1 is 1.04 bits per heavy atom. The predicted octanol–water partition coefficient (Wildman–Crippen LogP) is 3.51. The van der Waals surface area contributed by atoms with Crippen molar-refractivity contribution < 1.29 is 19.5 Å². The van der Waals surface area contributed by atoms with Crippen LogP contribution in [-0.2, 0) is 22.4 Å². The highest BCUT2D eigenvalue weighted by atomic mass is 32.1. The number of aliphatic carboxylic acids is 1. The van der Waals surface area contributed by atoms with E-state index in [0.717, 1.165) is 48.8 Å². The molecule has 2 amide bonds. The van der Waals surface area contributed by atoms with Crippen LogP contribution in [0.2, 0.25) is 0 Å². The lowest BCUT2D eigenvalue weighted by Gasteiger charge is -2.29. The molecule has 150 valence electrons. The molecule has 2 atom stereocenters. The summed E-state index contributed by atoms with van der Waals surface area (Å²) < 4.78 is 0. The number of allylic oxidation sites excluding steroid dienone is 2. The van der Waals surface area contributed by atoms with E-state index in [1.165, 1.54) is 16.2 Å². The lowest BCUT2D eigenvalue weighted by atomic mass is 9.76. The Kier molecular flexibility index (Phi) is 5.04. The van der Waals surface area contributed by atoms with Crippen LogP contribution in [0.25, 0.3) is 0 Å². The number of aryl methyl sites for hydroxylation is 1. The van der Waals surface area contributed by atoms with E-state index < -0.39 is 17.8 Å². The van der Waals surface area contributed by atoms with E-state index in [-0.39, 0.29) is 17.9 Å². The third kappa shape index (κ3) is 3.60. The standard InChI is InChI=1S/C21H26N2O4S/c1-10-8-14(15(21(26)27)9-11(10)2)18(24)23-20-17(19(25)22-12-6-7-12)13-4-3-5-16(13)28-20/h12,14-15H,3-9H2,1-2H3,(H,22,25)(H,23,24)(H,26,27)/t14-,15-/m1/s1. The Morgan fingerprint density at radius 3 is 2.36 bits per heavy atom. The number of nitrogens with one attached hydrogen (secondary N) is 2.